The van der Waals surface area contributed by atoms with Gasteiger partial charge in [-0.05, 0) is 48.4 Å². The summed E-state index contributed by atoms with van der Waals surface area (Å²) in [6.45, 7) is 2.34. The SMILES string of the molecule is COc1cc(C=C2C(=O)NN(c3ccccc3)C2=O)cc(Cl)c1OCc1cccc(C)c1. The number of amides is 2. The molecule has 162 valence electrons. The molecule has 0 aromatic heterocycles. The third-order valence-electron chi connectivity index (χ3n) is 4.93. The van der Waals surface area contributed by atoms with Crippen molar-refractivity contribution in [3.63, 3.8) is 0 Å². The van der Waals surface area contributed by atoms with E-state index >= 15 is 0 Å². The summed E-state index contributed by atoms with van der Waals surface area (Å²) in [5.74, 6) is -0.140. The van der Waals surface area contributed by atoms with Gasteiger partial charge in [-0.3, -0.25) is 15.0 Å². The Morgan fingerprint density at radius 1 is 1.03 bits per heavy atom. The lowest BCUT2D eigenvalue weighted by molar-refractivity contribution is -0.117. The number of aryl methyl sites for hydroxylation is 1. The Bertz CT molecular complexity index is 1210. The van der Waals surface area contributed by atoms with Crippen LogP contribution in [0.3, 0.4) is 0 Å². The number of nitrogens with one attached hydrogen (secondary N) is 1. The van der Waals surface area contributed by atoms with Gasteiger partial charge >= 0.3 is 0 Å². The van der Waals surface area contributed by atoms with Gasteiger partial charge in [-0.25, -0.2) is 5.01 Å². The summed E-state index contributed by atoms with van der Waals surface area (Å²) in [6, 6.07) is 20.2. The van der Waals surface area contributed by atoms with Crippen LogP contribution in [0.4, 0.5) is 5.69 Å². The van der Waals surface area contributed by atoms with Crippen LogP contribution in [0, 0.1) is 6.92 Å². The molecular weight excluding hydrogens is 428 g/mol. The van der Waals surface area contributed by atoms with Crippen molar-refractivity contribution in [3.05, 3.63) is 94.0 Å². The molecule has 1 saturated heterocycles. The highest BCUT2D eigenvalue weighted by molar-refractivity contribution is 6.33. The highest BCUT2D eigenvalue weighted by Gasteiger charge is 2.34. The van der Waals surface area contributed by atoms with Gasteiger partial charge in [0.25, 0.3) is 11.8 Å². The van der Waals surface area contributed by atoms with Crippen LogP contribution in [0.1, 0.15) is 16.7 Å². The largest absolute Gasteiger partial charge is 0.493 e. The van der Waals surface area contributed by atoms with Crippen molar-refractivity contribution in [2.24, 2.45) is 0 Å². The summed E-state index contributed by atoms with van der Waals surface area (Å²) in [6.07, 6.45) is 1.49. The van der Waals surface area contributed by atoms with Gasteiger partial charge < -0.3 is 9.47 Å². The quantitative estimate of drug-likeness (QED) is 0.438. The molecule has 0 unspecified atom stereocenters. The number of carbonyl (C=O) groups excluding carboxylic acids is 2. The first-order valence-corrected chi connectivity index (χ1v) is 10.3. The minimum absolute atomic E-state index is 0.000372. The smallest absolute Gasteiger partial charge is 0.282 e. The highest BCUT2D eigenvalue weighted by Crippen LogP contribution is 2.38. The zero-order valence-electron chi connectivity index (χ0n) is 17.6. The second kappa shape index (κ2) is 9.16. The number of hydrogen-bond donors (Lipinski definition) is 1. The molecule has 0 atom stereocenters. The predicted molar refractivity (Wildman–Crippen MR) is 124 cm³/mol. The van der Waals surface area contributed by atoms with Crippen molar-refractivity contribution < 1.29 is 19.1 Å². The van der Waals surface area contributed by atoms with Crippen LogP contribution in [0.25, 0.3) is 6.08 Å². The number of benzene rings is 3. The van der Waals surface area contributed by atoms with Crippen LogP contribution in [0.15, 0.2) is 72.3 Å². The van der Waals surface area contributed by atoms with Crippen molar-refractivity contribution in [2.45, 2.75) is 13.5 Å². The van der Waals surface area contributed by atoms with Gasteiger partial charge in [-0.1, -0.05) is 59.6 Å². The third kappa shape index (κ3) is 4.45. The van der Waals surface area contributed by atoms with Gasteiger partial charge in [-0.15, -0.1) is 0 Å². The summed E-state index contributed by atoms with van der Waals surface area (Å²) in [5.41, 5.74) is 5.83. The number of nitrogens with zero attached hydrogens (tertiary/aromatic N) is 1. The molecule has 0 aliphatic carbocycles. The molecule has 3 aromatic carbocycles. The van der Waals surface area contributed by atoms with Crippen LogP contribution in [-0.4, -0.2) is 18.9 Å². The lowest BCUT2D eigenvalue weighted by Crippen LogP contribution is -2.35. The van der Waals surface area contributed by atoms with E-state index in [2.05, 4.69) is 5.43 Å². The van der Waals surface area contributed by atoms with E-state index in [4.69, 9.17) is 21.1 Å². The number of anilines is 1. The minimum Gasteiger partial charge on any atom is -0.493 e. The Kier molecular flexibility index (Phi) is 6.14. The molecule has 32 heavy (non-hydrogen) atoms. The van der Waals surface area contributed by atoms with E-state index in [1.54, 1.807) is 36.4 Å². The van der Waals surface area contributed by atoms with Gasteiger partial charge in [-0.2, -0.15) is 0 Å². The molecule has 0 radical (unpaired) electrons. The summed E-state index contributed by atoms with van der Waals surface area (Å²) in [7, 11) is 1.51. The average molecular weight is 449 g/mol. The number of rotatable bonds is 6. The molecule has 6 nitrogen and oxygen atoms in total. The van der Waals surface area contributed by atoms with E-state index < -0.39 is 11.8 Å². The molecule has 4 rings (SSSR count). The normalized spacial score (nSPS) is 14.6. The van der Waals surface area contributed by atoms with Crippen LogP contribution in [-0.2, 0) is 16.2 Å². The molecule has 0 spiro atoms. The summed E-state index contributed by atoms with van der Waals surface area (Å²) < 4.78 is 11.4. The van der Waals surface area contributed by atoms with Gasteiger partial charge in [0.1, 0.15) is 12.2 Å². The van der Waals surface area contributed by atoms with Gasteiger partial charge in [0.2, 0.25) is 0 Å². The van der Waals surface area contributed by atoms with E-state index in [0.29, 0.717) is 34.4 Å². The Morgan fingerprint density at radius 2 is 1.81 bits per heavy atom. The van der Waals surface area contributed by atoms with Crippen molar-refractivity contribution >= 4 is 35.2 Å². The lowest BCUT2D eigenvalue weighted by Gasteiger charge is -2.14. The molecule has 2 amide bonds. The molecule has 3 aromatic rings. The van der Waals surface area contributed by atoms with Crippen LogP contribution in [0.2, 0.25) is 5.02 Å². The molecule has 1 fully saturated rings. The minimum atomic E-state index is -0.492. The van der Waals surface area contributed by atoms with Crippen molar-refractivity contribution in [1.82, 2.24) is 5.43 Å². The molecular formula is C25H21ClN2O4. The molecule has 1 aliphatic heterocycles. The van der Waals surface area contributed by atoms with Gasteiger partial charge in [0.15, 0.2) is 11.5 Å². The number of halogens is 1. The Morgan fingerprint density at radius 3 is 2.53 bits per heavy atom. The van der Waals surface area contributed by atoms with Crippen molar-refractivity contribution in [2.75, 3.05) is 12.1 Å². The Hall–Kier alpha value is -3.77. The number of hydrazine groups is 1. The van der Waals surface area contributed by atoms with E-state index in [1.165, 1.54) is 18.2 Å². The standard InChI is InChI=1S/C25H21ClN2O4/c1-16-7-6-8-17(11-16)15-32-23-21(26)13-18(14-22(23)31-2)12-20-24(29)27-28(25(20)30)19-9-4-3-5-10-19/h3-14H,15H2,1-2H3,(H,27,29). The Balaban J connectivity index is 1.59. The fourth-order valence-corrected chi connectivity index (χ4v) is 3.68. The monoisotopic (exact) mass is 448 g/mol. The zero-order valence-corrected chi connectivity index (χ0v) is 18.3. The number of para-hydroxylation sites is 1. The highest BCUT2D eigenvalue weighted by atomic mass is 35.5. The molecule has 1 heterocycles. The van der Waals surface area contributed by atoms with Gasteiger partial charge in [0.05, 0.1) is 17.8 Å². The number of carbonyl (C=O) groups is 2. The maximum absolute atomic E-state index is 12.8. The lowest BCUT2D eigenvalue weighted by atomic mass is 10.1. The Labute approximate surface area is 191 Å². The summed E-state index contributed by atoms with van der Waals surface area (Å²) in [5, 5.41) is 1.53. The maximum atomic E-state index is 12.8. The number of methoxy groups -OCH3 is 1. The summed E-state index contributed by atoms with van der Waals surface area (Å²) in [4.78, 5) is 25.2. The third-order valence-corrected chi connectivity index (χ3v) is 5.22. The number of hydrogen-bond acceptors (Lipinski definition) is 4. The topological polar surface area (TPSA) is 67.9 Å². The molecule has 1 aliphatic rings. The second-order valence-corrected chi connectivity index (χ2v) is 7.69. The fourth-order valence-electron chi connectivity index (χ4n) is 3.40. The average Bonchev–Trinajstić information content (AvgIpc) is 3.07. The number of ether oxygens (including phenoxy) is 2. The maximum Gasteiger partial charge on any atom is 0.282 e. The first-order valence-electron chi connectivity index (χ1n) is 9.94. The molecule has 7 heteroatoms. The van der Waals surface area contributed by atoms with Crippen molar-refractivity contribution in [3.8, 4) is 11.5 Å². The van der Waals surface area contributed by atoms with Gasteiger partial charge in [0, 0.05) is 0 Å². The van der Waals surface area contributed by atoms with E-state index in [-0.39, 0.29) is 5.57 Å². The van der Waals surface area contributed by atoms with Crippen LogP contribution in [0.5, 0.6) is 11.5 Å². The zero-order chi connectivity index (χ0) is 22.7. The van der Waals surface area contributed by atoms with Crippen molar-refractivity contribution in [1.29, 1.82) is 0 Å². The molecule has 1 N–H and O–H groups in total. The second-order valence-electron chi connectivity index (χ2n) is 7.29. The first kappa shape index (κ1) is 21.5. The molecule has 0 bridgehead atoms. The fraction of sp³-hybridized carbons (Fsp3) is 0.120. The summed E-state index contributed by atoms with van der Waals surface area (Å²) >= 11 is 6.46. The van der Waals surface area contributed by atoms with Crippen LogP contribution < -0.4 is 19.9 Å². The van der Waals surface area contributed by atoms with E-state index in [0.717, 1.165) is 11.1 Å². The van der Waals surface area contributed by atoms with E-state index in [9.17, 15) is 9.59 Å². The van der Waals surface area contributed by atoms with E-state index in [1.807, 2.05) is 37.3 Å². The predicted octanol–water partition coefficient (Wildman–Crippen LogP) is 4.70. The van der Waals surface area contributed by atoms with Crippen LogP contribution >= 0.6 is 11.6 Å². The molecule has 0 saturated carbocycles. The first-order chi connectivity index (χ1) is 15.5.